The second kappa shape index (κ2) is 9.72. The highest BCUT2D eigenvalue weighted by Crippen LogP contribution is 2.30. The van der Waals surface area contributed by atoms with Crippen molar-refractivity contribution in [1.29, 1.82) is 0 Å². The van der Waals surface area contributed by atoms with E-state index in [1.54, 1.807) is 13.3 Å². The maximum Gasteiger partial charge on any atom is 0.434 e. The quantitative estimate of drug-likeness (QED) is 0.535. The number of aromatic nitrogens is 2. The zero-order valence-electron chi connectivity index (χ0n) is 16.3. The topological polar surface area (TPSA) is 71.4 Å². The summed E-state index contributed by atoms with van der Waals surface area (Å²) in [6.45, 7) is 7.23. The first-order valence-electron chi connectivity index (χ1n) is 8.79. The van der Waals surface area contributed by atoms with Crippen LogP contribution in [0.15, 0.2) is 16.6 Å². The summed E-state index contributed by atoms with van der Waals surface area (Å²) >= 11 is 1.00. The van der Waals surface area contributed by atoms with Crippen molar-refractivity contribution in [3.8, 4) is 5.75 Å². The predicted molar refractivity (Wildman–Crippen MR) is 104 cm³/mol. The van der Waals surface area contributed by atoms with Gasteiger partial charge >= 0.3 is 6.18 Å². The van der Waals surface area contributed by atoms with E-state index < -0.39 is 11.9 Å². The molecule has 2 heterocycles. The molecule has 0 atom stereocenters. The van der Waals surface area contributed by atoms with E-state index >= 15 is 0 Å². The van der Waals surface area contributed by atoms with Crippen LogP contribution in [0, 0.1) is 13.8 Å². The average Bonchev–Trinajstić information content (AvgIpc) is 3.11. The summed E-state index contributed by atoms with van der Waals surface area (Å²) in [7, 11) is 1.62. The first-order valence-corrected chi connectivity index (χ1v) is 9.67. The van der Waals surface area contributed by atoms with Crippen LogP contribution in [0.25, 0.3) is 0 Å². The molecule has 0 saturated carbocycles. The van der Waals surface area contributed by atoms with Gasteiger partial charge in [0.25, 0.3) is 0 Å². The molecule has 0 spiro atoms. The van der Waals surface area contributed by atoms with Crippen molar-refractivity contribution in [1.82, 2.24) is 20.6 Å². The van der Waals surface area contributed by atoms with E-state index in [0.717, 1.165) is 39.3 Å². The van der Waals surface area contributed by atoms with Crippen LogP contribution >= 0.6 is 11.3 Å². The van der Waals surface area contributed by atoms with Crippen molar-refractivity contribution in [2.24, 2.45) is 4.99 Å². The van der Waals surface area contributed by atoms with Gasteiger partial charge in [0.1, 0.15) is 5.75 Å². The van der Waals surface area contributed by atoms with E-state index in [1.807, 2.05) is 20.8 Å². The van der Waals surface area contributed by atoms with Crippen LogP contribution in [-0.4, -0.2) is 36.1 Å². The van der Waals surface area contributed by atoms with Gasteiger partial charge in [-0.3, -0.25) is 4.98 Å². The third kappa shape index (κ3) is 5.82. The van der Waals surface area contributed by atoms with Crippen molar-refractivity contribution >= 4 is 17.3 Å². The number of guanidine groups is 1. The number of pyridine rings is 1. The molecule has 2 rings (SSSR count). The van der Waals surface area contributed by atoms with Gasteiger partial charge in [0.15, 0.2) is 11.7 Å². The number of thiazole rings is 1. The zero-order valence-corrected chi connectivity index (χ0v) is 17.1. The first kappa shape index (κ1) is 21.9. The monoisotopic (exact) mass is 415 g/mol. The highest BCUT2D eigenvalue weighted by Gasteiger charge is 2.33. The molecule has 0 aliphatic heterocycles. The molecular weight excluding hydrogens is 391 g/mol. The number of rotatable bonds is 7. The lowest BCUT2D eigenvalue weighted by atomic mass is 10.1. The van der Waals surface area contributed by atoms with Gasteiger partial charge in [-0.2, -0.15) is 13.2 Å². The third-order valence-corrected chi connectivity index (χ3v) is 4.86. The van der Waals surface area contributed by atoms with Crippen molar-refractivity contribution < 1.29 is 17.9 Å². The van der Waals surface area contributed by atoms with Gasteiger partial charge in [0, 0.05) is 42.2 Å². The van der Waals surface area contributed by atoms with E-state index in [9.17, 15) is 13.2 Å². The Kier molecular flexibility index (Phi) is 7.61. The molecule has 6 nitrogen and oxygen atoms in total. The average molecular weight is 415 g/mol. The zero-order chi connectivity index (χ0) is 20.7. The van der Waals surface area contributed by atoms with Crippen LogP contribution in [0.4, 0.5) is 13.2 Å². The van der Waals surface area contributed by atoms with Gasteiger partial charge in [0.2, 0.25) is 0 Å². The molecule has 0 amide bonds. The maximum absolute atomic E-state index is 12.6. The van der Waals surface area contributed by atoms with Crippen molar-refractivity contribution in [3.63, 3.8) is 0 Å². The molecule has 0 fully saturated rings. The Hall–Kier alpha value is -2.36. The lowest BCUT2D eigenvalue weighted by Crippen LogP contribution is -2.38. The number of aliphatic imine (C=N–C) groups is 1. The van der Waals surface area contributed by atoms with E-state index in [-0.39, 0.29) is 0 Å². The molecule has 28 heavy (non-hydrogen) atoms. The number of halogens is 3. The van der Waals surface area contributed by atoms with E-state index in [4.69, 9.17) is 4.74 Å². The van der Waals surface area contributed by atoms with Gasteiger partial charge in [-0.15, -0.1) is 11.3 Å². The Morgan fingerprint density at radius 3 is 2.64 bits per heavy atom. The molecule has 0 aromatic carbocycles. The minimum Gasteiger partial charge on any atom is -0.496 e. The summed E-state index contributed by atoms with van der Waals surface area (Å²) in [5, 5.41) is 7.69. The fourth-order valence-electron chi connectivity index (χ4n) is 2.57. The Morgan fingerprint density at radius 2 is 2.04 bits per heavy atom. The SMILES string of the molecule is CCNC(=NCc1ncc(C)c(OC)c1C)NCCc1nc(C(F)(F)F)cs1. The van der Waals surface area contributed by atoms with Gasteiger partial charge in [-0.1, -0.05) is 0 Å². The highest BCUT2D eigenvalue weighted by atomic mass is 32.1. The van der Waals surface area contributed by atoms with Crippen LogP contribution in [0.1, 0.15) is 34.4 Å². The Balaban J connectivity index is 1.98. The Bertz CT molecular complexity index is 820. The lowest BCUT2D eigenvalue weighted by molar-refractivity contribution is -0.140. The fourth-order valence-corrected chi connectivity index (χ4v) is 3.37. The molecule has 0 radical (unpaired) electrons. The van der Waals surface area contributed by atoms with Gasteiger partial charge in [-0.05, 0) is 20.8 Å². The second-order valence-corrected chi connectivity index (χ2v) is 6.98. The smallest absolute Gasteiger partial charge is 0.434 e. The van der Waals surface area contributed by atoms with Crippen molar-refractivity contribution in [3.05, 3.63) is 39.1 Å². The number of aryl methyl sites for hydroxylation is 1. The number of methoxy groups -OCH3 is 1. The summed E-state index contributed by atoms with van der Waals surface area (Å²) < 4.78 is 43.2. The summed E-state index contributed by atoms with van der Waals surface area (Å²) in [5.74, 6) is 1.36. The minimum absolute atomic E-state index is 0.354. The molecule has 0 saturated heterocycles. The molecule has 2 N–H and O–H groups in total. The third-order valence-electron chi connectivity index (χ3n) is 3.95. The summed E-state index contributed by atoms with van der Waals surface area (Å²) in [6, 6.07) is 0. The number of nitrogens with zero attached hydrogens (tertiary/aromatic N) is 3. The second-order valence-electron chi connectivity index (χ2n) is 6.04. The molecule has 0 aliphatic rings. The number of hydrogen-bond donors (Lipinski definition) is 2. The molecular formula is C18H24F3N5OS. The molecule has 10 heteroatoms. The van der Waals surface area contributed by atoms with Gasteiger partial charge < -0.3 is 15.4 Å². The molecule has 2 aromatic heterocycles. The van der Waals surface area contributed by atoms with E-state index in [1.165, 1.54) is 0 Å². The summed E-state index contributed by atoms with van der Waals surface area (Å²) in [6.07, 6.45) is -2.28. The van der Waals surface area contributed by atoms with Crippen LogP contribution in [0.2, 0.25) is 0 Å². The van der Waals surface area contributed by atoms with Crippen molar-refractivity contribution in [2.75, 3.05) is 20.2 Å². The van der Waals surface area contributed by atoms with E-state index in [2.05, 4.69) is 25.6 Å². The van der Waals surface area contributed by atoms with Crippen LogP contribution in [0.3, 0.4) is 0 Å². The molecule has 2 aromatic rings. The van der Waals surface area contributed by atoms with Gasteiger partial charge in [-0.25, -0.2) is 9.98 Å². The lowest BCUT2D eigenvalue weighted by Gasteiger charge is -2.13. The number of nitrogens with one attached hydrogen (secondary N) is 2. The first-order chi connectivity index (χ1) is 13.3. The predicted octanol–water partition coefficient (Wildman–Crippen LogP) is 3.48. The summed E-state index contributed by atoms with van der Waals surface area (Å²) in [4.78, 5) is 12.5. The van der Waals surface area contributed by atoms with Crippen LogP contribution < -0.4 is 15.4 Å². The normalized spacial score (nSPS) is 12.2. The molecule has 0 bridgehead atoms. The molecule has 0 unspecified atom stereocenters. The van der Waals surface area contributed by atoms with Crippen LogP contribution in [-0.2, 0) is 19.1 Å². The van der Waals surface area contributed by atoms with Gasteiger partial charge in [0.05, 0.1) is 24.4 Å². The van der Waals surface area contributed by atoms with Crippen LogP contribution in [0.5, 0.6) is 5.75 Å². The molecule has 0 aliphatic carbocycles. The Morgan fingerprint density at radius 1 is 1.29 bits per heavy atom. The largest absolute Gasteiger partial charge is 0.496 e. The summed E-state index contributed by atoms with van der Waals surface area (Å²) in [5.41, 5.74) is 1.85. The molecule has 154 valence electrons. The number of ether oxygens (including phenoxy) is 1. The maximum atomic E-state index is 12.6. The number of hydrogen-bond acceptors (Lipinski definition) is 5. The number of alkyl halides is 3. The Labute approximate surface area is 166 Å². The van der Waals surface area contributed by atoms with Crippen molar-refractivity contribution in [2.45, 2.75) is 39.9 Å². The van der Waals surface area contributed by atoms with E-state index in [0.29, 0.717) is 37.0 Å². The minimum atomic E-state index is -4.40. The highest BCUT2D eigenvalue weighted by molar-refractivity contribution is 7.09. The fraction of sp³-hybridized carbons (Fsp3) is 0.500. The standard InChI is InChI=1S/C18H24F3N5OS/c1-5-22-17(23-7-6-15-26-14(10-28-15)18(19,20)21)25-9-13-12(3)16(27-4)11(2)8-24-13/h8,10H,5-7,9H2,1-4H3,(H2,22,23,25).